The minimum absolute atomic E-state index is 0.0105. The van der Waals surface area contributed by atoms with Gasteiger partial charge in [-0.2, -0.15) is 0 Å². The largest absolute Gasteiger partial charge is 0.468 e. The number of hydrogen-bond donors (Lipinski definition) is 3. The van der Waals surface area contributed by atoms with Gasteiger partial charge in [-0.3, -0.25) is 19.4 Å². The summed E-state index contributed by atoms with van der Waals surface area (Å²) in [6.45, 7) is 0. The van der Waals surface area contributed by atoms with E-state index in [1.807, 2.05) is 4.90 Å². The van der Waals surface area contributed by atoms with Crippen LogP contribution in [0.5, 0.6) is 0 Å². The summed E-state index contributed by atoms with van der Waals surface area (Å²) in [4.78, 5) is 34.0. The number of ketones is 1. The Morgan fingerprint density at radius 1 is 1.16 bits per heavy atom. The predicted molar refractivity (Wildman–Crippen MR) is 142 cm³/mol. The van der Waals surface area contributed by atoms with Gasteiger partial charge < -0.3 is 10.1 Å². The number of nitrogens with zero attached hydrogens (tertiary/aromatic N) is 3. The smallest absolute Gasteiger partial charge is 0.294 e. The molecule has 2 heterocycles. The zero-order valence-electron chi connectivity index (χ0n) is 22.2. The van der Waals surface area contributed by atoms with E-state index in [2.05, 4.69) is 70.5 Å². The highest BCUT2D eigenvalue weighted by Gasteiger charge is 2.50. The van der Waals surface area contributed by atoms with Crippen molar-refractivity contribution in [1.82, 2.24) is 26.0 Å². The minimum atomic E-state index is -0.541. The van der Waals surface area contributed by atoms with Crippen LogP contribution in [0.15, 0.2) is 47.6 Å². The summed E-state index contributed by atoms with van der Waals surface area (Å²) in [5, 5.41) is 2.92. The van der Waals surface area contributed by atoms with Crippen molar-refractivity contribution in [1.29, 1.82) is 0 Å². The summed E-state index contributed by atoms with van der Waals surface area (Å²) in [6, 6.07) is 11.2. The molecule has 2 aliphatic heterocycles. The number of carbonyl (C=O) groups is 2. The Labute approximate surface area is 219 Å². The molecule has 1 spiro atoms. The second-order valence-electron chi connectivity index (χ2n) is 11.3. The first-order valence-electron chi connectivity index (χ1n) is 13.5. The maximum absolute atomic E-state index is 12.8. The lowest BCUT2D eigenvalue weighted by molar-refractivity contribution is -0.139. The van der Waals surface area contributed by atoms with Crippen molar-refractivity contribution < 1.29 is 14.3 Å². The van der Waals surface area contributed by atoms with Gasteiger partial charge in [0.05, 0.1) is 7.11 Å². The Hall–Kier alpha value is -2.75. The molecule has 2 aliphatic carbocycles. The zero-order valence-corrected chi connectivity index (χ0v) is 22.2. The van der Waals surface area contributed by atoms with Crippen LogP contribution in [0.1, 0.15) is 63.4 Å². The summed E-state index contributed by atoms with van der Waals surface area (Å²) < 4.78 is 5.59. The molecular formula is C28H40N6O3. The number of hydrazine groups is 1. The molecule has 0 bridgehead atoms. The van der Waals surface area contributed by atoms with Gasteiger partial charge in [0.2, 0.25) is 5.78 Å². The van der Waals surface area contributed by atoms with Gasteiger partial charge in [-0.25, -0.2) is 15.8 Å². The Bertz CT molecular complexity index is 1040. The predicted octanol–water partition coefficient (Wildman–Crippen LogP) is 2.61. The van der Waals surface area contributed by atoms with E-state index in [9.17, 15) is 9.59 Å². The molecule has 0 radical (unpaired) electrons. The molecule has 3 fully saturated rings. The average Bonchev–Trinajstić information content (AvgIpc) is 3.29. The molecule has 1 aromatic rings. The van der Waals surface area contributed by atoms with Crippen molar-refractivity contribution in [3.05, 3.63) is 48.2 Å². The Morgan fingerprint density at radius 3 is 2.51 bits per heavy atom. The van der Waals surface area contributed by atoms with Crippen LogP contribution in [0.4, 0.5) is 0 Å². The topological polar surface area (TPSA) is 98.3 Å². The van der Waals surface area contributed by atoms with Crippen LogP contribution in [-0.2, 0) is 19.9 Å². The van der Waals surface area contributed by atoms with E-state index in [1.165, 1.54) is 5.56 Å². The van der Waals surface area contributed by atoms with Crippen molar-refractivity contribution in [3.63, 3.8) is 0 Å². The second-order valence-corrected chi connectivity index (χ2v) is 11.3. The molecule has 4 aliphatic rings. The fourth-order valence-corrected chi connectivity index (χ4v) is 6.43. The van der Waals surface area contributed by atoms with Crippen LogP contribution >= 0.6 is 0 Å². The highest BCUT2D eigenvalue weighted by molar-refractivity contribution is 6.36. The Kier molecular flexibility index (Phi) is 7.38. The van der Waals surface area contributed by atoms with Gasteiger partial charge in [0, 0.05) is 30.1 Å². The molecule has 1 aromatic carbocycles. The van der Waals surface area contributed by atoms with E-state index in [0.29, 0.717) is 18.4 Å². The average molecular weight is 509 g/mol. The number of aliphatic imine (C=N–C) groups is 1. The third-order valence-electron chi connectivity index (χ3n) is 9.01. The third-order valence-corrected chi connectivity index (χ3v) is 9.01. The van der Waals surface area contributed by atoms with Gasteiger partial charge >= 0.3 is 0 Å². The van der Waals surface area contributed by atoms with Crippen LogP contribution < -0.4 is 16.2 Å². The van der Waals surface area contributed by atoms with Crippen molar-refractivity contribution in [2.45, 2.75) is 81.2 Å². The van der Waals surface area contributed by atoms with Crippen LogP contribution in [0.3, 0.4) is 0 Å². The second kappa shape index (κ2) is 10.6. The number of hydrogen-bond acceptors (Lipinski definition) is 8. The molecule has 1 amide bonds. The number of amidine groups is 1. The molecule has 2 atom stereocenters. The standard InChI is InChI=1S/C28H40N6O3/c1-33(2)28(21-10-5-4-6-11-21)15-13-27(14-16-28)19-24(31-32-27)34-23(12-17-29-26(34)37-3)30-25(36)22(35)18-20-8-7-9-20/h4-6,10-12,17,20,23-24,31-32H,7-9,13-16,18-19H2,1-3H3,(H,30,36)/t23?,24-,27?,28?/m1/s1. The molecule has 1 unspecified atom stereocenters. The van der Waals surface area contributed by atoms with E-state index in [-0.39, 0.29) is 23.0 Å². The van der Waals surface area contributed by atoms with Crippen molar-refractivity contribution >= 4 is 17.7 Å². The normalized spacial score (nSPS) is 31.8. The molecule has 3 N–H and O–H groups in total. The summed E-state index contributed by atoms with van der Waals surface area (Å²) in [5.74, 6) is -0.535. The highest BCUT2D eigenvalue weighted by atomic mass is 16.5. The first-order chi connectivity index (χ1) is 17.9. The molecule has 200 valence electrons. The third kappa shape index (κ3) is 5.04. The number of rotatable bonds is 7. The van der Waals surface area contributed by atoms with Crippen molar-refractivity contribution in [3.8, 4) is 0 Å². The number of methoxy groups -OCH3 is 1. The van der Waals surface area contributed by atoms with E-state index in [4.69, 9.17) is 4.74 Å². The first-order valence-corrected chi connectivity index (χ1v) is 13.5. The minimum Gasteiger partial charge on any atom is -0.468 e. The maximum atomic E-state index is 12.8. The first kappa shape index (κ1) is 25.9. The van der Waals surface area contributed by atoms with Crippen LogP contribution in [0.2, 0.25) is 0 Å². The van der Waals surface area contributed by atoms with Gasteiger partial charge in [0.1, 0.15) is 12.3 Å². The summed E-state index contributed by atoms with van der Waals surface area (Å²) in [5.41, 5.74) is 8.36. The van der Waals surface area contributed by atoms with Crippen molar-refractivity contribution in [2.24, 2.45) is 10.9 Å². The Morgan fingerprint density at radius 2 is 1.89 bits per heavy atom. The van der Waals surface area contributed by atoms with Gasteiger partial charge in [-0.1, -0.05) is 36.8 Å². The van der Waals surface area contributed by atoms with Gasteiger partial charge in [-0.15, -0.1) is 0 Å². The van der Waals surface area contributed by atoms with Gasteiger partial charge in [0.25, 0.3) is 11.9 Å². The van der Waals surface area contributed by atoms with E-state index >= 15 is 0 Å². The van der Waals surface area contributed by atoms with Gasteiger partial charge in [-0.05, 0) is 70.2 Å². The number of Topliss-reactive ketones (excluding diaryl/α,β-unsaturated/α-hetero) is 1. The quantitative estimate of drug-likeness (QED) is 0.487. The van der Waals surface area contributed by atoms with Gasteiger partial charge in [0.15, 0.2) is 0 Å². The molecule has 5 rings (SSSR count). The lowest BCUT2D eigenvalue weighted by Crippen LogP contribution is -2.59. The molecule has 0 aromatic heterocycles. The van der Waals surface area contributed by atoms with Crippen LogP contribution in [0, 0.1) is 5.92 Å². The molecule has 9 heteroatoms. The number of amides is 1. The zero-order chi connectivity index (χ0) is 26.0. The van der Waals surface area contributed by atoms with E-state index in [1.54, 1.807) is 19.4 Å². The molecule has 1 saturated heterocycles. The SMILES string of the molecule is COC1=NC=CC(NC(=O)C(=O)CC2CCC2)N1[C@@H]1CC2(CCC(c3ccccc3)(N(C)C)CC2)NN1. The van der Waals surface area contributed by atoms with Crippen molar-refractivity contribution in [2.75, 3.05) is 21.2 Å². The Balaban J connectivity index is 1.27. The highest BCUT2D eigenvalue weighted by Crippen LogP contribution is 2.47. The number of benzene rings is 1. The fourth-order valence-electron chi connectivity index (χ4n) is 6.43. The number of carbonyl (C=O) groups excluding carboxylic acids is 2. The fraction of sp³-hybridized carbons (Fsp3) is 0.607. The number of ether oxygens (including phenoxy) is 1. The number of nitrogens with one attached hydrogen (secondary N) is 3. The van der Waals surface area contributed by atoms with E-state index in [0.717, 1.165) is 51.4 Å². The molecular weight excluding hydrogens is 468 g/mol. The maximum Gasteiger partial charge on any atom is 0.294 e. The lowest BCUT2D eigenvalue weighted by Gasteiger charge is -2.49. The lowest BCUT2D eigenvalue weighted by atomic mass is 9.68. The summed E-state index contributed by atoms with van der Waals surface area (Å²) in [6.07, 6.45) is 11.2. The summed E-state index contributed by atoms with van der Waals surface area (Å²) in [7, 11) is 5.93. The van der Waals surface area contributed by atoms with Crippen LogP contribution in [-0.4, -0.2) is 66.6 Å². The van der Waals surface area contributed by atoms with Crippen LogP contribution in [0.25, 0.3) is 0 Å². The summed E-state index contributed by atoms with van der Waals surface area (Å²) >= 11 is 0. The van der Waals surface area contributed by atoms with E-state index < -0.39 is 12.1 Å². The molecule has 37 heavy (non-hydrogen) atoms. The monoisotopic (exact) mass is 508 g/mol. The molecule has 9 nitrogen and oxygen atoms in total. The molecule has 2 saturated carbocycles.